The Balaban J connectivity index is 1.67. The number of para-hydroxylation sites is 4. The molecular formula is C28H20N2. The van der Waals surface area contributed by atoms with E-state index in [2.05, 4.69) is 23.9 Å². The minimum Gasteiger partial charge on any atom is -0.269 e. The van der Waals surface area contributed by atoms with E-state index in [1.807, 2.05) is 131 Å². The van der Waals surface area contributed by atoms with Crippen LogP contribution in [0.1, 0.15) is 0 Å². The summed E-state index contributed by atoms with van der Waals surface area (Å²) in [6, 6.07) is 46.7. The fourth-order valence-electron chi connectivity index (χ4n) is 3.03. The third kappa shape index (κ3) is 4.71. The summed E-state index contributed by atoms with van der Waals surface area (Å²) in [6.07, 6.45) is 0. The van der Waals surface area contributed by atoms with Crippen LogP contribution in [0.2, 0.25) is 0 Å². The first-order chi connectivity index (χ1) is 14.9. The van der Waals surface area contributed by atoms with E-state index in [9.17, 15) is 0 Å². The molecule has 0 heterocycles. The maximum absolute atomic E-state index is 3.19. The molecule has 0 radical (unpaired) electrons. The molecule has 0 spiro atoms. The molecule has 0 aromatic heterocycles. The second kappa shape index (κ2) is 9.69. The Morgan fingerprint density at radius 3 is 0.800 bits per heavy atom. The Bertz CT molecular complexity index is 1000. The summed E-state index contributed by atoms with van der Waals surface area (Å²) in [7, 11) is 0. The highest BCUT2D eigenvalue weighted by Crippen LogP contribution is 2.24. The van der Waals surface area contributed by atoms with Gasteiger partial charge in [0.1, 0.15) is 0 Å². The van der Waals surface area contributed by atoms with Gasteiger partial charge in [-0.15, -0.1) is 0 Å². The predicted octanol–water partition coefficient (Wildman–Crippen LogP) is 6.58. The van der Waals surface area contributed by atoms with E-state index in [1.165, 1.54) is 0 Å². The summed E-state index contributed by atoms with van der Waals surface area (Å²) in [5, 5.41) is 0. The molecule has 0 saturated carbocycles. The predicted molar refractivity (Wildman–Crippen MR) is 126 cm³/mol. The number of hydrogen-bond donors (Lipinski definition) is 0. The van der Waals surface area contributed by atoms with E-state index < -0.39 is 0 Å². The van der Waals surface area contributed by atoms with Gasteiger partial charge in [0.05, 0.1) is 22.7 Å². The molecule has 4 aromatic carbocycles. The van der Waals surface area contributed by atoms with Crippen LogP contribution in [0.3, 0.4) is 0 Å². The lowest BCUT2D eigenvalue weighted by atomic mass is 10.2. The van der Waals surface area contributed by atoms with Crippen molar-refractivity contribution in [1.82, 2.24) is 0 Å². The molecule has 30 heavy (non-hydrogen) atoms. The fourth-order valence-corrected chi connectivity index (χ4v) is 3.03. The summed E-state index contributed by atoms with van der Waals surface area (Å²) in [6.45, 7) is 0. The van der Waals surface area contributed by atoms with Crippen LogP contribution < -0.4 is 9.80 Å². The Morgan fingerprint density at radius 1 is 0.333 bits per heavy atom. The van der Waals surface area contributed by atoms with Crippen molar-refractivity contribution in [2.24, 2.45) is 0 Å². The maximum atomic E-state index is 3.19. The minimum absolute atomic E-state index is 1.00. The summed E-state index contributed by atoms with van der Waals surface area (Å²) >= 11 is 0. The van der Waals surface area contributed by atoms with E-state index in [1.54, 1.807) is 0 Å². The van der Waals surface area contributed by atoms with Crippen molar-refractivity contribution < 1.29 is 0 Å². The molecule has 0 atom stereocenters. The van der Waals surface area contributed by atoms with Gasteiger partial charge in [0.2, 0.25) is 0 Å². The zero-order valence-corrected chi connectivity index (χ0v) is 16.4. The molecule has 0 aliphatic heterocycles. The largest absolute Gasteiger partial charge is 0.269 e. The molecule has 4 aromatic rings. The van der Waals surface area contributed by atoms with Crippen LogP contribution >= 0.6 is 0 Å². The van der Waals surface area contributed by atoms with Gasteiger partial charge in [-0.2, -0.15) is 0 Å². The first-order valence-corrected chi connectivity index (χ1v) is 9.73. The van der Waals surface area contributed by atoms with E-state index in [-0.39, 0.29) is 0 Å². The van der Waals surface area contributed by atoms with Gasteiger partial charge in [-0.3, -0.25) is 9.80 Å². The fraction of sp³-hybridized carbons (Fsp3) is 0. The first kappa shape index (κ1) is 18.9. The molecule has 0 amide bonds. The summed E-state index contributed by atoms with van der Waals surface area (Å²) in [5.74, 6) is 6.05. The van der Waals surface area contributed by atoms with Crippen molar-refractivity contribution in [2.45, 2.75) is 0 Å². The second-order valence-electron chi connectivity index (χ2n) is 6.49. The smallest absolute Gasteiger partial charge is 0.0545 e. The van der Waals surface area contributed by atoms with Crippen LogP contribution in [0, 0.1) is 23.9 Å². The molecule has 0 aliphatic carbocycles. The Hall–Kier alpha value is -4.40. The van der Waals surface area contributed by atoms with E-state index in [0.717, 1.165) is 22.7 Å². The van der Waals surface area contributed by atoms with Crippen LogP contribution in [0.15, 0.2) is 121 Å². The highest BCUT2D eigenvalue weighted by Gasteiger charge is 2.06. The molecule has 4 rings (SSSR count). The number of nitrogens with zero attached hydrogens (tertiary/aromatic N) is 2. The third-order valence-electron chi connectivity index (χ3n) is 4.46. The lowest BCUT2D eigenvalue weighted by Gasteiger charge is -2.17. The zero-order chi connectivity index (χ0) is 20.4. The van der Waals surface area contributed by atoms with Crippen LogP contribution in [-0.2, 0) is 0 Å². The highest BCUT2D eigenvalue weighted by molar-refractivity contribution is 5.70. The van der Waals surface area contributed by atoms with Gasteiger partial charge in [-0.25, -0.2) is 0 Å². The maximum Gasteiger partial charge on any atom is 0.0545 e. The van der Waals surface area contributed by atoms with Crippen molar-refractivity contribution in [3.8, 4) is 23.9 Å². The lowest BCUT2D eigenvalue weighted by Crippen LogP contribution is -2.09. The normalized spacial score (nSPS) is 9.47. The van der Waals surface area contributed by atoms with Gasteiger partial charge >= 0.3 is 0 Å². The Labute approximate surface area is 178 Å². The third-order valence-corrected chi connectivity index (χ3v) is 4.46. The number of benzene rings is 4. The van der Waals surface area contributed by atoms with Crippen molar-refractivity contribution in [2.75, 3.05) is 9.80 Å². The van der Waals surface area contributed by atoms with Crippen molar-refractivity contribution in [3.63, 3.8) is 0 Å². The molecule has 2 nitrogen and oxygen atoms in total. The van der Waals surface area contributed by atoms with Gasteiger partial charge in [0.15, 0.2) is 0 Å². The molecular weight excluding hydrogens is 364 g/mol. The van der Waals surface area contributed by atoms with Crippen molar-refractivity contribution >= 4 is 22.7 Å². The lowest BCUT2D eigenvalue weighted by molar-refractivity contribution is 1.33. The zero-order valence-electron chi connectivity index (χ0n) is 16.4. The summed E-state index contributed by atoms with van der Waals surface area (Å²) in [5.41, 5.74) is 4.00. The molecule has 0 N–H and O–H groups in total. The van der Waals surface area contributed by atoms with E-state index >= 15 is 0 Å². The molecule has 0 saturated heterocycles. The van der Waals surface area contributed by atoms with Gasteiger partial charge in [-0.1, -0.05) is 72.8 Å². The molecule has 0 unspecified atom stereocenters. The molecule has 2 heteroatoms. The van der Waals surface area contributed by atoms with Crippen LogP contribution in [-0.4, -0.2) is 0 Å². The topological polar surface area (TPSA) is 6.48 Å². The number of anilines is 4. The van der Waals surface area contributed by atoms with Gasteiger partial charge in [0.25, 0.3) is 0 Å². The number of rotatable bonds is 4. The van der Waals surface area contributed by atoms with Crippen LogP contribution in [0.25, 0.3) is 0 Å². The summed E-state index contributed by atoms with van der Waals surface area (Å²) in [4.78, 5) is 3.90. The van der Waals surface area contributed by atoms with Crippen LogP contribution in [0.5, 0.6) is 0 Å². The van der Waals surface area contributed by atoms with Gasteiger partial charge in [0, 0.05) is 23.9 Å². The monoisotopic (exact) mass is 384 g/mol. The molecule has 0 bridgehead atoms. The van der Waals surface area contributed by atoms with E-state index in [4.69, 9.17) is 0 Å². The quantitative estimate of drug-likeness (QED) is 0.289. The van der Waals surface area contributed by atoms with E-state index in [0.29, 0.717) is 0 Å². The number of hydrogen-bond acceptors (Lipinski definition) is 2. The Kier molecular flexibility index (Phi) is 6.12. The molecule has 0 aliphatic rings. The standard InChI is InChI=1S/C28H20N2/c1-5-15-25(16-6-1)29(26-17-7-2-8-18-26)23-13-14-24-30(27-19-9-3-10-20-27)28-21-11-4-12-22-28/h1-12,15-22H. The Morgan fingerprint density at radius 2 is 0.567 bits per heavy atom. The average Bonchev–Trinajstić information content (AvgIpc) is 2.84. The van der Waals surface area contributed by atoms with Gasteiger partial charge in [-0.05, 0) is 48.5 Å². The molecule has 142 valence electrons. The van der Waals surface area contributed by atoms with Crippen molar-refractivity contribution in [3.05, 3.63) is 121 Å². The van der Waals surface area contributed by atoms with Crippen LogP contribution in [0.4, 0.5) is 22.7 Å². The molecule has 0 fully saturated rings. The SMILES string of the molecule is C(C#CN(c1ccccc1)c1ccccc1)#CN(c1ccccc1)c1ccccc1. The second-order valence-corrected chi connectivity index (χ2v) is 6.49. The van der Waals surface area contributed by atoms with Crippen molar-refractivity contribution in [1.29, 1.82) is 0 Å². The highest BCUT2D eigenvalue weighted by atomic mass is 15.1. The average molecular weight is 384 g/mol. The first-order valence-electron chi connectivity index (χ1n) is 9.73. The minimum atomic E-state index is 1.00. The summed E-state index contributed by atoms with van der Waals surface area (Å²) < 4.78 is 0. The van der Waals surface area contributed by atoms with Gasteiger partial charge < -0.3 is 0 Å².